The molecule has 0 amide bonds. The Labute approximate surface area is 207 Å². The lowest BCUT2D eigenvalue weighted by atomic mass is 10.1. The van der Waals surface area contributed by atoms with E-state index < -0.39 is 12.1 Å². The van der Waals surface area contributed by atoms with E-state index in [4.69, 9.17) is 10.7 Å². The van der Waals surface area contributed by atoms with Gasteiger partial charge < -0.3 is 15.0 Å². The highest BCUT2D eigenvalue weighted by atomic mass is 19.4. The van der Waals surface area contributed by atoms with E-state index in [1.165, 1.54) is 25.1 Å². The van der Waals surface area contributed by atoms with Crippen molar-refractivity contribution in [2.24, 2.45) is 17.8 Å². The Morgan fingerprint density at radius 2 is 1.81 bits per heavy atom. The summed E-state index contributed by atoms with van der Waals surface area (Å²) in [6, 6.07) is 2.26. The molecule has 3 heterocycles. The standard InChI is InChI=1S/C25H32F4N6O/c26-3-4-33-5-7-34(8-6-33)17-11-18-19(12-17)23(18)35-14-20(32-22(35)9-15-1-2-15)16-10-21(24(30)31-13-16)36-25(27,28)29/h10,13-15,17-19,23H,1-9,11-12H2,(H2,30,31)/t17?,18-,19+,23+. The molecule has 3 aliphatic carbocycles. The molecule has 196 valence electrons. The topological polar surface area (TPSA) is 72.4 Å². The van der Waals surface area contributed by atoms with Crippen molar-refractivity contribution in [2.75, 3.05) is 45.1 Å². The second-order valence-corrected chi connectivity index (χ2v) is 10.8. The summed E-state index contributed by atoms with van der Waals surface area (Å²) in [6.45, 7) is 4.13. The Morgan fingerprint density at radius 3 is 2.44 bits per heavy atom. The molecule has 36 heavy (non-hydrogen) atoms. The van der Waals surface area contributed by atoms with Crippen molar-refractivity contribution in [3.8, 4) is 17.0 Å². The second kappa shape index (κ2) is 9.16. The average Bonchev–Trinajstić information content (AvgIpc) is 3.68. The number of aromatic nitrogens is 3. The minimum absolute atomic E-state index is 0.283. The van der Waals surface area contributed by atoms with Crippen LogP contribution in [-0.2, 0) is 6.42 Å². The molecule has 0 radical (unpaired) electrons. The van der Waals surface area contributed by atoms with Crippen molar-refractivity contribution in [1.82, 2.24) is 24.3 Å². The monoisotopic (exact) mass is 508 g/mol. The first kappa shape index (κ1) is 24.0. The largest absolute Gasteiger partial charge is 0.573 e. The molecule has 2 aromatic heterocycles. The van der Waals surface area contributed by atoms with Crippen LogP contribution in [0.4, 0.5) is 23.4 Å². The fraction of sp³-hybridized carbons (Fsp3) is 0.680. The van der Waals surface area contributed by atoms with Crippen molar-refractivity contribution in [3.05, 3.63) is 24.3 Å². The number of hydrogen-bond acceptors (Lipinski definition) is 6. The van der Waals surface area contributed by atoms with Gasteiger partial charge in [0.1, 0.15) is 12.5 Å². The van der Waals surface area contributed by atoms with Crippen LogP contribution in [0, 0.1) is 17.8 Å². The Bertz CT molecular complexity index is 1080. The zero-order valence-corrected chi connectivity index (χ0v) is 20.1. The Balaban J connectivity index is 1.17. The third-order valence-corrected chi connectivity index (χ3v) is 8.40. The van der Waals surface area contributed by atoms with Crippen molar-refractivity contribution in [3.63, 3.8) is 0 Å². The van der Waals surface area contributed by atoms with E-state index >= 15 is 0 Å². The first-order chi connectivity index (χ1) is 17.3. The molecule has 1 aliphatic heterocycles. The molecule has 0 aromatic carbocycles. The van der Waals surface area contributed by atoms with Gasteiger partial charge in [0, 0.05) is 69.2 Å². The molecule has 4 fully saturated rings. The molecule has 7 nitrogen and oxygen atoms in total. The van der Waals surface area contributed by atoms with Gasteiger partial charge >= 0.3 is 6.36 Å². The first-order valence-corrected chi connectivity index (χ1v) is 12.9. The number of rotatable bonds is 8. The molecule has 3 saturated carbocycles. The minimum Gasteiger partial charge on any atom is -0.402 e. The molecule has 4 atom stereocenters. The Hall–Kier alpha value is -2.40. The van der Waals surface area contributed by atoms with Gasteiger partial charge in [-0.2, -0.15) is 0 Å². The highest BCUT2D eigenvalue weighted by Gasteiger charge is 2.58. The molecule has 0 bridgehead atoms. The molecule has 2 aromatic rings. The summed E-state index contributed by atoms with van der Waals surface area (Å²) in [6.07, 6.45) is 4.20. The smallest absolute Gasteiger partial charge is 0.402 e. The van der Waals surface area contributed by atoms with E-state index in [9.17, 15) is 17.6 Å². The van der Waals surface area contributed by atoms with Crippen molar-refractivity contribution >= 4 is 5.82 Å². The normalized spacial score (nSPS) is 28.9. The summed E-state index contributed by atoms with van der Waals surface area (Å²) in [5.74, 6) is 2.05. The maximum Gasteiger partial charge on any atom is 0.573 e. The van der Waals surface area contributed by atoms with E-state index in [0.29, 0.717) is 47.6 Å². The lowest BCUT2D eigenvalue weighted by Gasteiger charge is -2.38. The number of fused-ring (bicyclic) bond motifs is 1. The summed E-state index contributed by atoms with van der Waals surface area (Å²) in [5, 5.41) is 0. The van der Waals surface area contributed by atoms with E-state index in [1.54, 1.807) is 0 Å². The second-order valence-electron chi connectivity index (χ2n) is 10.8. The van der Waals surface area contributed by atoms with Crippen LogP contribution in [0.2, 0.25) is 0 Å². The van der Waals surface area contributed by atoms with Crippen LogP contribution in [0.3, 0.4) is 0 Å². The van der Waals surface area contributed by atoms with Gasteiger partial charge in [0.2, 0.25) is 0 Å². The SMILES string of the molecule is Nc1ncc(-c2cn([C@H]3[C@@H]4CC(N5CCN(CCF)CC5)C[C@@H]43)c(CC3CC3)n2)cc1OC(F)(F)F. The van der Waals surface area contributed by atoms with E-state index in [2.05, 4.69) is 24.1 Å². The number of hydrogen-bond donors (Lipinski definition) is 1. The zero-order chi connectivity index (χ0) is 25.0. The van der Waals surface area contributed by atoms with Gasteiger partial charge in [-0.3, -0.25) is 9.80 Å². The predicted molar refractivity (Wildman–Crippen MR) is 126 cm³/mol. The number of nitrogens with zero attached hydrogens (tertiary/aromatic N) is 5. The predicted octanol–water partition coefficient (Wildman–Crippen LogP) is 3.92. The van der Waals surface area contributed by atoms with Gasteiger partial charge in [-0.25, -0.2) is 14.4 Å². The van der Waals surface area contributed by atoms with Crippen LogP contribution in [0.1, 0.15) is 37.5 Å². The summed E-state index contributed by atoms with van der Waals surface area (Å²) in [4.78, 5) is 13.5. The van der Waals surface area contributed by atoms with Crippen LogP contribution in [-0.4, -0.2) is 76.1 Å². The number of ether oxygens (including phenoxy) is 1. The van der Waals surface area contributed by atoms with Crippen LogP contribution < -0.4 is 10.5 Å². The summed E-state index contributed by atoms with van der Waals surface area (Å²) in [5.41, 5.74) is 6.69. The molecular formula is C25H32F4N6O. The Kier molecular flexibility index (Phi) is 6.10. The number of alkyl halides is 4. The number of anilines is 1. The van der Waals surface area contributed by atoms with Gasteiger partial charge in [-0.15, -0.1) is 13.2 Å². The maximum absolute atomic E-state index is 12.8. The maximum atomic E-state index is 12.8. The Morgan fingerprint density at radius 1 is 1.08 bits per heavy atom. The van der Waals surface area contributed by atoms with Gasteiger partial charge in [0.05, 0.1) is 5.69 Å². The third kappa shape index (κ3) is 4.91. The highest BCUT2D eigenvalue weighted by molar-refractivity contribution is 5.64. The number of pyridine rings is 1. The van der Waals surface area contributed by atoms with Gasteiger partial charge in [-0.05, 0) is 49.5 Å². The molecule has 0 spiro atoms. The van der Waals surface area contributed by atoms with Crippen molar-refractivity contribution in [2.45, 2.75) is 50.6 Å². The van der Waals surface area contributed by atoms with Crippen LogP contribution in [0.15, 0.2) is 18.5 Å². The molecule has 6 rings (SSSR count). The molecule has 1 saturated heterocycles. The zero-order valence-electron chi connectivity index (χ0n) is 20.1. The van der Waals surface area contributed by atoms with Gasteiger partial charge in [-0.1, -0.05) is 0 Å². The van der Waals surface area contributed by atoms with Gasteiger partial charge in [0.15, 0.2) is 11.6 Å². The minimum atomic E-state index is -4.84. The van der Waals surface area contributed by atoms with Crippen molar-refractivity contribution in [1.29, 1.82) is 0 Å². The van der Waals surface area contributed by atoms with E-state index in [0.717, 1.165) is 51.3 Å². The first-order valence-electron chi connectivity index (χ1n) is 12.9. The molecule has 4 aliphatic rings. The summed E-state index contributed by atoms with van der Waals surface area (Å²) in [7, 11) is 0. The lowest BCUT2D eigenvalue weighted by Crippen LogP contribution is -2.50. The van der Waals surface area contributed by atoms with Crippen LogP contribution >= 0.6 is 0 Å². The number of nitrogen functional groups attached to an aromatic ring is 1. The fourth-order valence-corrected chi connectivity index (χ4v) is 6.32. The number of piperazine rings is 1. The lowest BCUT2D eigenvalue weighted by molar-refractivity contribution is -0.274. The van der Waals surface area contributed by atoms with Crippen LogP contribution in [0.5, 0.6) is 5.75 Å². The summed E-state index contributed by atoms with van der Waals surface area (Å²) < 4.78 is 57.4. The quantitative estimate of drug-likeness (QED) is 0.545. The van der Waals surface area contributed by atoms with Crippen molar-refractivity contribution < 1.29 is 22.3 Å². The third-order valence-electron chi connectivity index (χ3n) is 8.40. The summed E-state index contributed by atoms with van der Waals surface area (Å²) >= 11 is 0. The number of imidazole rings is 1. The highest BCUT2D eigenvalue weighted by Crippen LogP contribution is 2.62. The molecular weight excluding hydrogens is 476 g/mol. The number of nitrogens with two attached hydrogens (primary N) is 1. The number of halogens is 4. The average molecular weight is 509 g/mol. The van der Waals surface area contributed by atoms with E-state index in [-0.39, 0.29) is 12.5 Å². The fourth-order valence-electron chi connectivity index (χ4n) is 6.32. The van der Waals surface area contributed by atoms with Gasteiger partial charge in [0.25, 0.3) is 0 Å². The van der Waals surface area contributed by atoms with Crippen LogP contribution in [0.25, 0.3) is 11.3 Å². The molecule has 1 unspecified atom stereocenters. The van der Waals surface area contributed by atoms with E-state index in [1.807, 2.05) is 6.20 Å². The molecule has 2 N–H and O–H groups in total. The molecule has 11 heteroatoms.